The fourth-order valence-corrected chi connectivity index (χ4v) is 3.13. The Bertz CT molecular complexity index is 1230. The number of hydrogen-bond donors (Lipinski definition) is 1. The summed E-state index contributed by atoms with van der Waals surface area (Å²) in [5.74, 6) is -0.283. The van der Waals surface area contributed by atoms with E-state index in [0.717, 1.165) is 11.1 Å². The van der Waals surface area contributed by atoms with Gasteiger partial charge in [-0.15, -0.1) is 0 Å². The highest BCUT2D eigenvalue weighted by Gasteiger charge is 2.14. The third-order valence-corrected chi connectivity index (χ3v) is 4.65. The Morgan fingerprint density at radius 3 is 2.70 bits per heavy atom. The van der Waals surface area contributed by atoms with Crippen molar-refractivity contribution in [1.82, 2.24) is 14.7 Å². The number of aromatic nitrogens is 2. The first-order valence-corrected chi connectivity index (χ1v) is 8.85. The van der Waals surface area contributed by atoms with Gasteiger partial charge in [0, 0.05) is 17.8 Å². The number of fused-ring (bicyclic) bond motifs is 2. The number of rotatable bonds is 3. The number of halogens is 1. The second-order valence-electron chi connectivity index (χ2n) is 6.36. The predicted molar refractivity (Wildman–Crippen MR) is 106 cm³/mol. The van der Waals surface area contributed by atoms with Crippen LogP contribution in [0.5, 0.6) is 0 Å². The zero-order chi connectivity index (χ0) is 19.0. The number of aryl methyl sites for hydroxylation is 1. The summed E-state index contributed by atoms with van der Waals surface area (Å²) in [6.07, 6.45) is 1.60. The molecule has 134 valence electrons. The molecule has 1 N–H and O–H groups in total. The van der Waals surface area contributed by atoms with Crippen molar-refractivity contribution >= 4 is 34.1 Å². The molecular weight excluding hydrogens is 362 g/mol. The molecule has 0 spiro atoms. The van der Waals surface area contributed by atoms with E-state index in [1.165, 1.54) is 4.40 Å². The molecule has 0 radical (unpaired) electrons. The quantitative estimate of drug-likeness (QED) is 0.553. The fourth-order valence-electron chi connectivity index (χ4n) is 2.96. The molecule has 0 unspecified atom stereocenters. The number of hydrogen-bond acceptors (Lipinski definition) is 3. The molecule has 4 rings (SSSR count). The summed E-state index contributed by atoms with van der Waals surface area (Å²) in [6.45, 7) is 2.41. The van der Waals surface area contributed by atoms with Crippen molar-refractivity contribution in [3.63, 3.8) is 0 Å². The van der Waals surface area contributed by atoms with Crippen molar-refractivity contribution in [2.75, 3.05) is 0 Å². The zero-order valence-corrected chi connectivity index (χ0v) is 15.3. The van der Waals surface area contributed by atoms with E-state index in [1.54, 1.807) is 36.5 Å². The number of carbonyl (C=O) groups excluding carboxylic acids is 1. The van der Waals surface area contributed by atoms with Crippen LogP contribution in [-0.2, 0) is 6.54 Å². The van der Waals surface area contributed by atoms with Gasteiger partial charge in [0.1, 0.15) is 0 Å². The van der Waals surface area contributed by atoms with Gasteiger partial charge in [-0.25, -0.2) is 4.98 Å². The summed E-state index contributed by atoms with van der Waals surface area (Å²) in [5.41, 5.74) is 3.07. The van der Waals surface area contributed by atoms with E-state index in [2.05, 4.69) is 10.3 Å². The number of benzene rings is 2. The van der Waals surface area contributed by atoms with E-state index in [9.17, 15) is 9.59 Å². The maximum absolute atomic E-state index is 12.8. The highest BCUT2D eigenvalue weighted by molar-refractivity contribution is 6.31. The predicted octanol–water partition coefficient (Wildman–Crippen LogP) is 3.74. The maximum atomic E-state index is 12.8. The molecule has 2 heterocycles. The Balaban J connectivity index is 1.74. The number of carbonyl (C=O) groups is 1. The van der Waals surface area contributed by atoms with Crippen molar-refractivity contribution in [2.24, 2.45) is 0 Å². The molecule has 0 atom stereocenters. The molecule has 0 saturated carbocycles. The number of nitrogens with zero attached hydrogens (tertiary/aromatic N) is 2. The van der Waals surface area contributed by atoms with Gasteiger partial charge in [0.15, 0.2) is 5.65 Å². The summed E-state index contributed by atoms with van der Waals surface area (Å²) >= 11 is 5.99. The summed E-state index contributed by atoms with van der Waals surface area (Å²) in [7, 11) is 0. The molecule has 0 bridgehead atoms. The molecule has 6 heteroatoms. The summed E-state index contributed by atoms with van der Waals surface area (Å²) in [5, 5.41) is 3.77. The lowest BCUT2D eigenvalue weighted by Gasteiger charge is -2.10. The van der Waals surface area contributed by atoms with E-state index in [1.807, 2.05) is 31.2 Å². The molecule has 0 saturated heterocycles. The van der Waals surface area contributed by atoms with Crippen LogP contribution < -0.4 is 10.9 Å². The zero-order valence-electron chi connectivity index (χ0n) is 14.6. The minimum Gasteiger partial charge on any atom is -0.348 e. The largest absolute Gasteiger partial charge is 0.348 e. The minimum atomic E-state index is -0.283. The molecule has 0 aliphatic carbocycles. The fraction of sp³-hybridized carbons (Fsp3) is 0.0952. The van der Waals surface area contributed by atoms with Crippen LogP contribution in [0, 0.1) is 6.92 Å². The number of nitrogens with one attached hydrogen (secondary N) is 1. The lowest BCUT2D eigenvalue weighted by Crippen LogP contribution is -2.25. The van der Waals surface area contributed by atoms with Crippen molar-refractivity contribution in [1.29, 1.82) is 0 Å². The van der Waals surface area contributed by atoms with Crippen LogP contribution in [0.2, 0.25) is 5.02 Å². The molecule has 0 aliphatic heterocycles. The van der Waals surface area contributed by atoms with Gasteiger partial charge in [-0.05, 0) is 42.8 Å². The van der Waals surface area contributed by atoms with Crippen molar-refractivity contribution in [2.45, 2.75) is 13.5 Å². The van der Waals surface area contributed by atoms with E-state index in [-0.39, 0.29) is 11.5 Å². The molecule has 1 amide bonds. The second kappa shape index (κ2) is 6.85. The Morgan fingerprint density at radius 1 is 1.15 bits per heavy atom. The first-order valence-electron chi connectivity index (χ1n) is 8.47. The molecule has 27 heavy (non-hydrogen) atoms. The maximum Gasteiger partial charge on any atom is 0.265 e. The highest BCUT2D eigenvalue weighted by Crippen LogP contribution is 2.17. The Hall–Kier alpha value is -3.18. The Labute approximate surface area is 160 Å². The van der Waals surface area contributed by atoms with Gasteiger partial charge in [0.2, 0.25) is 0 Å². The van der Waals surface area contributed by atoms with Crippen LogP contribution in [-0.4, -0.2) is 15.3 Å². The van der Waals surface area contributed by atoms with E-state index < -0.39 is 0 Å². The van der Waals surface area contributed by atoms with Crippen LogP contribution in [0.3, 0.4) is 0 Å². The standard InChI is InChI=1S/C21H16ClN3O2/c1-13-4-6-14(7-5-13)12-23-20(26)16-3-2-10-25-19(16)24-18-9-8-15(22)11-17(18)21(25)27/h2-11H,12H2,1H3,(H,23,26). The van der Waals surface area contributed by atoms with E-state index in [0.29, 0.717) is 33.7 Å². The van der Waals surface area contributed by atoms with Crippen LogP contribution in [0.1, 0.15) is 21.5 Å². The van der Waals surface area contributed by atoms with Crippen LogP contribution >= 0.6 is 11.6 Å². The Morgan fingerprint density at radius 2 is 1.93 bits per heavy atom. The van der Waals surface area contributed by atoms with Gasteiger partial charge in [-0.3, -0.25) is 14.0 Å². The van der Waals surface area contributed by atoms with Crippen molar-refractivity contribution in [3.05, 3.63) is 92.9 Å². The van der Waals surface area contributed by atoms with E-state index >= 15 is 0 Å². The van der Waals surface area contributed by atoms with Gasteiger partial charge in [-0.1, -0.05) is 41.4 Å². The number of amides is 1. The molecular formula is C21H16ClN3O2. The van der Waals surface area contributed by atoms with Crippen molar-refractivity contribution < 1.29 is 4.79 Å². The molecule has 2 aromatic carbocycles. The SMILES string of the molecule is Cc1ccc(CNC(=O)c2cccn3c(=O)c4cc(Cl)ccc4nc23)cc1. The summed E-state index contributed by atoms with van der Waals surface area (Å²) in [6, 6.07) is 16.2. The molecule has 0 aliphatic rings. The lowest BCUT2D eigenvalue weighted by atomic mass is 10.1. The molecule has 5 nitrogen and oxygen atoms in total. The van der Waals surface area contributed by atoms with Gasteiger partial charge < -0.3 is 5.32 Å². The number of pyridine rings is 1. The lowest BCUT2D eigenvalue weighted by molar-refractivity contribution is 0.0952. The normalized spacial score (nSPS) is 11.0. The first kappa shape index (κ1) is 17.2. The average molecular weight is 378 g/mol. The van der Waals surface area contributed by atoms with Crippen LogP contribution in [0.15, 0.2) is 65.6 Å². The monoisotopic (exact) mass is 377 g/mol. The third-order valence-electron chi connectivity index (χ3n) is 4.42. The van der Waals surface area contributed by atoms with E-state index in [4.69, 9.17) is 11.6 Å². The summed E-state index contributed by atoms with van der Waals surface area (Å²) in [4.78, 5) is 30.0. The first-order chi connectivity index (χ1) is 13.0. The topological polar surface area (TPSA) is 63.5 Å². The van der Waals surface area contributed by atoms with Crippen LogP contribution in [0.25, 0.3) is 16.6 Å². The van der Waals surface area contributed by atoms with Gasteiger partial charge in [-0.2, -0.15) is 0 Å². The third kappa shape index (κ3) is 3.29. The Kier molecular flexibility index (Phi) is 4.38. The van der Waals surface area contributed by atoms with Gasteiger partial charge in [0.05, 0.1) is 16.5 Å². The average Bonchev–Trinajstić information content (AvgIpc) is 2.68. The molecule has 4 aromatic rings. The smallest absolute Gasteiger partial charge is 0.265 e. The highest BCUT2D eigenvalue weighted by atomic mass is 35.5. The van der Waals surface area contributed by atoms with Crippen molar-refractivity contribution in [3.8, 4) is 0 Å². The molecule has 2 aromatic heterocycles. The van der Waals surface area contributed by atoms with Gasteiger partial charge in [0.25, 0.3) is 11.5 Å². The minimum absolute atomic E-state index is 0.259. The van der Waals surface area contributed by atoms with Gasteiger partial charge >= 0.3 is 0 Å². The second-order valence-corrected chi connectivity index (χ2v) is 6.80. The molecule has 0 fully saturated rings. The summed E-state index contributed by atoms with van der Waals surface area (Å²) < 4.78 is 1.37. The van der Waals surface area contributed by atoms with Crippen LogP contribution in [0.4, 0.5) is 0 Å².